The van der Waals surface area contributed by atoms with Crippen molar-refractivity contribution in [2.24, 2.45) is 5.41 Å². The zero-order valence-electron chi connectivity index (χ0n) is 9.48. The summed E-state index contributed by atoms with van der Waals surface area (Å²) in [6.45, 7) is 9.17. The van der Waals surface area contributed by atoms with Crippen LogP contribution < -0.4 is 0 Å². The van der Waals surface area contributed by atoms with Gasteiger partial charge in [0.2, 0.25) is 0 Å². The van der Waals surface area contributed by atoms with Gasteiger partial charge in [-0.05, 0) is 31.3 Å². The molecule has 1 rings (SSSR count). The fourth-order valence-corrected chi connectivity index (χ4v) is 2.60. The molecule has 13 heavy (non-hydrogen) atoms. The van der Waals surface area contributed by atoms with Crippen molar-refractivity contribution in [2.45, 2.75) is 53.4 Å². The predicted molar refractivity (Wildman–Crippen MR) is 59.8 cm³/mol. The molecule has 0 unspecified atom stereocenters. The van der Waals surface area contributed by atoms with Crippen LogP contribution in [-0.2, 0) is 0 Å². The number of allylic oxidation sites excluding steroid dienone is 4. The fourth-order valence-electron chi connectivity index (χ4n) is 2.60. The SMILES string of the molecule is CCC1=C(CC)C(CC)(CC)C=C1. The van der Waals surface area contributed by atoms with E-state index in [1.54, 1.807) is 11.1 Å². The molecule has 0 spiro atoms. The first kappa shape index (κ1) is 10.6. The molecule has 0 atom stereocenters. The van der Waals surface area contributed by atoms with Gasteiger partial charge in [-0.3, -0.25) is 0 Å². The van der Waals surface area contributed by atoms with E-state index in [1.165, 1.54) is 25.7 Å². The third-order valence-corrected chi connectivity index (χ3v) is 3.59. The maximum Gasteiger partial charge on any atom is 0.00944 e. The third kappa shape index (κ3) is 1.59. The van der Waals surface area contributed by atoms with Crippen molar-refractivity contribution in [1.29, 1.82) is 0 Å². The predicted octanol–water partition coefficient (Wildman–Crippen LogP) is 4.48. The highest BCUT2D eigenvalue weighted by atomic mass is 14.4. The molecule has 0 amide bonds. The minimum absolute atomic E-state index is 0.417. The highest BCUT2D eigenvalue weighted by Gasteiger charge is 2.31. The topological polar surface area (TPSA) is 0 Å². The van der Waals surface area contributed by atoms with E-state index in [-0.39, 0.29) is 0 Å². The van der Waals surface area contributed by atoms with Crippen molar-refractivity contribution in [1.82, 2.24) is 0 Å². The Morgan fingerprint density at radius 3 is 2.00 bits per heavy atom. The zero-order chi connectivity index (χ0) is 9.90. The van der Waals surface area contributed by atoms with Crippen LogP contribution in [-0.4, -0.2) is 0 Å². The Morgan fingerprint density at radius 1 is 1.00 bits per heavy atom. The molecule has 0 radical (unpaired) electrons. The highest BCUT2D eigenvalue weighted by Crippen LogP contribution is 2.45. The molecule has 1 aliphatic carbocycles. The minimum Gasteiger partial charge on any atom is -0.0740 e. The Labute approximate surface area is 82.7 Å². The normalized spacial score (nSPS) is 20.0. The van der Waals surface area contributed by atoms with Gasteiger partial charge in [-0.2, -0.15) is 0 Å². The van der Waals surface area contributed by atoms with Crippen molar-refractivity contribution in [3.05, 3.63) is 23.3 Å². The minimum atomic E-state index is 0.417. The molecule has 0 heteroatoms. The second kappa shape index (κ2) is 4.13. The van der Waals surface area contributed by atoms with Gasteiger partial charge >= 0.3 is 0 Å². The van der Waals surface area contributed by atoms with Crippen molar-refractivity contribution >= 4 is 0 Å². The van der Waals surface area contributed by atoms with E-state index >= 15 is 0 Å². The van der Waals surface area contributed by atoms with Crippen molar-refractivity contribution < 1.29 is 0 Å². The number of hydrogen-bond acceptors (Lipinski definition) is 0. The van der Waals surface area contributed by atoms with Gasteiger partial charge in [0.1, 0.15) is 0 Å². The van der Waals surface area contributed by atoms with E-state index in [0.29, 0.717) is 5.41 Å². The van der Waals surface area contributed by atoms with Crippen LogP contribution in [0.4, 0.5) is 0 Å². The summed E-state index contributed by atoms with van der Waals surface area (Å²) in [5, 5.41) is 0. The van der Waals surface area contributed by atoms with Gasteiger partial charge in [0.25, 0.3) is 0 Å². The average molecular weight is 178 g/mol. The van der Waals surface area contributed by atoms with E-state index in [2.05, 4.69) is 39.8 Å². The van der Waals surface area contributed by atoms with E-state index in [1.807, 2.05) is 0 Å². The molecule has 0 aromatic rings. The fraction of sp³-hybridized carbons (Fsp3) is 0.692. The molecular formula is C13H22. The van der Waals surface area contributed by atoms with Crippen LogP contribution in [0, 0.1) is 5.41 Å². The maximum atomic E-state index is 2.44. The van der Waals surface area contributed by atoms with Gasteiger partial charge in [-0.25, -0.2) is 0 Å². The summed E-state index contributed by atoms with van der Waals surface area (Å²) in [4.78, 5) is 0. The molecule has 1 aliphatic rings. The monoisotopic (exact) mass is 178 g/mol. The molecule has 0 aromatic carbocycles. The van der Waals surface area contributed by atoms with Crippen LogP contribution in [0.2, 0.25) is 0 Å². The van der Waals surface area contributed by atoms with Gasteiger partial charge in [-0.1, -0.05) is 45.4 Å². The second-order valence-electron chi connectivity index (χ2n) is 3.91. The zero-order valence-corrected chi connectivity index (χ0v) is 9.48. The van der Waals surface area contributed by atoms with Crippen LogP contribution in [0.25, 0.3) is 0 Å². The Kier molecular flexibility index (Phi) is 3.35. The molecule has 0 heterocycles. The summed E-state index contributed by atoms with van der Waals surface area (Å²) in [5.41, 5.74) is 3.70. The number of hydrogen-bond donors (Lipinski definition) is 0. The smallest absolute Gasteiger partial charge is 0.00944 e. The lowest BCUT2D eigenvalue weighted by atomic mass is 9.76. The van der Waals surface area contributed by atoms with Crippen LogP contribution in [0.15, 0.2) is 23.3 Å². The first-order valence-electron chi connectivity index (χ1n) is 5.65. The van der Waals surface area contributed by atoms with Gasteiger partial charge in [-0.15, -0.1) is 0 Å². The summed E-state index contributed by atoms with van der Waals surface area (Å²) in [6.07, 6.45) is 9.72. The first-order valence-corrected chi connectivity index (χ1v) is 5.65. The Balaban J connectivity index is 3.03. The molecular weight excluding hydrogens is 156 g/mol. The van der Waals surface area contributed by atoms with Crippen molar-refractivity contribution in [2.75, 3.05) is 0 Å². The largest absolute Gasteiger partial charge is 0.0740 e. The molecule has 0 saturated carbocycles. The van der Waals surface area contributed by atoms with Gasteiger partial charge < -0.3 is 0 Å². The standard InChI is InChI=1S/C13H22/c1-5-11-9-10-13(7-3,8-4)12(11)6-2/h9-10H,5-8H2,1-4H3. The van der Waals surface area contributed by atoms with Crippen LogP contribution in [0.3, 0.4) is 0 Å². The van der Waals surface area contributed by atoms with E-state index in [0.717, 1.165) is 0 Å². The molecule has 74 valence electrons. The molecule has 0 bridgehead atoms. The van der Waals surface area contributed by atoms with Crippen molar-refractivity contribution in [3.63, 3.8) is 0 Å². The molecule has 0 N–H and O–H groups in total. The summed E-state index contributed by atoms with van der Waals surface area (Å²) >= 11 is 0. The summed E-state index contributed by atoms with van der Waals surface area (Å²) in [6, 6.07) is 0. The maximum absolute atomic E-state index is 2.44. The molecule has 0 aliphatic heterocycles. The van der Waals surface area contributed by atoms with Crippen LogP contribution in [0.5, 0.6) is 0 Å². The summed E-state index contributed by atoms with van der Waals surface area (Å²) in [5.74, 6) is 0. The van der Waals surface area contributed by atoms with E-state index in [4.69, 9.17) is 0 Å². The Bertz CT molecular complexity index is 226. The molecule has 0 saturated heterocycles. The van der Waals surface area contributed by atoms with Crippen LogP contribution >= 0.6 is 0 Å². The average Bonchev–Trinajstić information content (AvgIpc) is 2.55. The lowest BCUT2D eigenvalue weighted by Gasteiger charge is -2.28. The Morgan fingerprint density at radius 2 is 1.62 bits per heavy atom. The summed E-state index contributed by atoms with van der Waals surface area (Å²) < 4.78 is 0. The number of rotatable bonds is 4. The second-order valence-corrected chi connectivity index (χ2v) is 3.91. The van der Waals surface area contributed by atoms with Crippen molar-refractivity contribution in [3.8, 4) is 0 Å². The Hall–Kier alpha value is -0.520. The van der Waals surface area contributed by atoms with Crippen LogP contribution in [0.1, 0.15) is 53.4 Å². The lowest BCUT2D eigenvalue weighted by molar-refractivity contribution is 0.420. The third-order valence-electron chi connectivity index (χ3n) is 3.59. The highest BCUT2D eigenvalue weighted by molar-refractivity contribution is 5.41. The van der Waals surface area contributed by atoms with E-state index in [9.17, 15) is 0 Å². The van der Waals surface area contributed by atoms with Gasteiger partial charge in [0.15, 0.2) is 0 Å². The van der Waals surface area contributed by atoms with Gasteiger partial charge in [0, 0.05) is 5.41 Å². The molecule has 0 nitrogen and oxygen atoms in total. The quantitative estimate of drug-likeness (QED) is 0.595. The lowest BCUT2D eigenvalue weighted by Crippen LogP contribution is -2.16. The first-order chi connectivity index (χ1) is 6.24. The molecule has 0 fully saturated rings. The molecule has 0 aromatic heterocycles. The van der Waals surface area contributed by atoms with Gasteiger partial charge in [0.05, 0.1) is 0 Å². The summed E-state index contributed by atoms with van der Waals surface area (Å²) in [7, 11) is 0. The van der Waals surface area contributed by atoms with E-state index < -0.39 is 0 Å².